The first-order valence-corrected chi connectivity index (χ1v) is 14.8. The smallest absolute Gasteiger partial charge is 0.204 e. The third-order valence-corrected chi connectivity index (χ3v) is 8.88. The Morgan fingerprint density at radius 2 is 1.56 bits per heavy atom. The van der Waals surface area contributed by atoms with Gasteiger partial charge >= 0.3 is 0 Å². The van der Waals surface area contributed by atoms with Crippen LogP contribution in [0.3, 0.4) is 0 Å². The van der Waals surface area contributed by atoms with Crippen LogP contribution in [0.5, 0.6) is 17.2 Å². The highest BCUT2D eigenvalue weighted by Gasteiger charge is 2.36. The zero-order valence-electron chi connectivity index (χ0n) is 23.7. The van der Waals surface area contributed by atoms with Crippen molar-refractivity contribution in [3.05, 3.63) is 79.2 Å². The lowest BCUT2D eigenvalue weighted by atomic mass is 9.82. The average Bonchev–Trinajstić information content (AvgIpc) is 2.98. The van der Waals surface area contributed by atoms with Crippen molar-refractivity contribution in [3.63, 3.8) is 0 Å². The van der Waals surface area contributed by atoms with Crippen LogP contribution in [0.15, 0.2) is 12.1 Å². The highest BCUT2D eigenvalue weighted by molar-refractivity contribution is 5.91. The van der Waals surface area contributed by atoms with Gasteiger partial charge in [0.15, 0.2) is 17.4 Å². The second-order valence-corrected chi connectivity index (χ2v) is 11.5. The van der Waals surface area contributed by atoms with Crippen molar-refractivity contribution in [2.75, 3.05) is 18.0 Å². The molecule has 0 aromatic heterocycles. The quantitative estimate of drug-likeness (QED) is 0.148. The summed E-state index contributed by atoms with van der Waals surface area (Å²) in [4.78, 5) is 2.35. The van der Waals surface area contributed by atoms with E-state index in [4.69, 9.17) is 4.74 Å². The van der Waals surface area contributed by atoms with Crippen LogP contribution in [0.25, 0.3) is 12.2 Å². The minimum Gasteiger partial charge on any atom is -0.504 e. The molecule has 0 saturated heterocycles. The number of ether oxygens (including phenoxy) is 1. The molecule has 3 heterocycles. The van der Waals surface area contributed by atoms with E-state index in [1.165, 1.54) is 0 Å². The molecule has 6 rings (SSSR count). The van der Waals surface area contributed by atoms with Gasteiger partial charge in [0.25, 0.3) is 0 Å². The van der Waals surface area contributed by atoms with Crippen LogP contribution in [0.2, 0.25) is 0 Å². The summed E-state index contributed by atoms with van der Waals surface area (Å²) in [5.74, 6) is -7.67. The maximum absolute atomic E-state index is 15.7. The first-order chi connectivity index (χ1) is 19.8. The molecule has 0 amide bonds. The lowest BCUT2D eigenvalue weighted by Gasteiger charge is -2.39. The molecule has 0 atom stereocenters. The van der Waals surface area contributed by atoms with Gasteiger partial charge in [-0.15, -0.1) is 0 Å². The van der Waals surface area contributed by atoms with Gasteiger partial charge in [0, 0.05) is 46.3 Å². The topological polar surface area (TPSA) is 32.7 Å². The van der Waals surface area contributed by atoms with Gasteiger partial charge in [-0.2, -0.15) is 4.39 Å². The van der Waals surface area contributed by atoms with Gasteiger partial charge < -0.3 is 14.7 Å². The van der Waals surface area contributed by atoms with Crippen LogP contribution in [0, 0.1) is 23.3 Å². The number of anilines is 1. The Morgan fingerprint density at radius 1 is 0.878 bits per heavy atom. The number of hydrogen-bond donors (Lipinski definition) is 1. The minimum absolute atomic E-state index is 0.131. The number of phenols is 1. The molecule has 7 heteroatoms. The van der Waals surface area contributed by atoms with Gasteiger partial charge in [-0.25, -0.2) is 13.2 Å². The van der Waals surface area contributed by atoms with E-state index in [9.17, 15) is 18.3 Å². The van der Waals surface area contributed by atoms with Crippen molar-refractivity contribution >= 4 is 17.8 Å². The Balaban J connectivity index is 1.79. The number of aromatic hydroxyl groups is 1. The summed E-state index contributed by atoms with van der Waals surface area (Å²) < 4.78 is 66.5. The molecule has 3 aromatic carbocycles. The molecule has 0 radical (unpaired) electrons. The Labute approximate surface area is 237 Å². The molecule has 0 unspecified atom stereocenters. The second kappa shape index (κ2) is 10.7. The summed E-state index contributed by atoms with van der Waals surface area (Å²) in [6.45, 7) is 10.5. The van der Waals surface area contributed by atoms with E-state index in [-0.39, 0.29) is 5.57 Å². The Kier molecular flexibility index (Phi) is 7.25. The predicted molar refractivity (Wildman–Crippen MR) is 153 cm³/mol. The van der Waals surface area contributed by atoms with Crippen LogP contribution in [-0.2, 0) is 25.7 Å². The first kappa shape index (κ1) is 27.7. The molecule has 0 fully saturated rings. The summed E-state index contributed by atoms with van der Waals surface area (Å²) in [5.41, 5.74) is 4.90. The van der Waals surface area contributed by atoms with E-state index in [2.05, 4.69) is 25.3 Å². The number of phenolic OH excluding ortho intramolecular Hbond substituents is 1. The van der Waals surface area contributed by atoms with Crippen LogP contribution in [0.4, 0.5) is 23.2 Å². The van der Waals surface area contributed by atoms with Crippen LogP contribution in [0.1, 0.15) is 85.8 Å². The fourth-order valence-electron chi connectivity index (χ4n) is 6.83. The van der Waals surface area contributed by atoms with Gasteiger partial charge in [-0.05, 0) is 79.8 Å². The van der Waals surface area contributed by atoms with E-state index in [1.54, 1.807) is 0 Å². The summed E-state index contributed by atoms with van der Waals surface area (Å²) in [6.07, 6.45) is 8.41. The summed E-state index contributed by atoms with van der Waals surface area (Å²) in [6, 6.07) is 3.77. The van der Waals surface area contributed by atoms with Gasteiger partial charge in [-0.3, -0.25) is 0 Å². The van der Waals surface area contributed by atoms with E-state index >= 15 is 4.39 Å². The van der Waals surface area contributed by atoms with Gasteiger partial charge in [0.2, 0.25) is 11.6 Å². The van der Waals surface area contributed by atoms with Gasteiger partial charge in [0.05, 0.1) is 5.56 Å². The van der Waals surface area contributed by atoms with Crippen LogP contribution >= 0.6 is 0 Å². The maximum Gasteiger partial charge on any atom is 0.204 e. The SMILES string of the molecule is C=c1c(CCCC)cc2c(c1CCCC)Oc1c(cc3c4c1CCCN4CCC3)C=2c1c(O)c(F)c(F)c(F)c1F. The maximum atomic E-state index is 15.7. The molecule has 216 valence electrons. The van der Waals surface area contributed by atoms with E-state index in [0.717, 1.165) is 97.6 Å². The molecule has 0 spiro atoms. The molecule has 3 aromatic rings. The Hall–Kier alpha value is -3.48. The third kappa shape index (κ3) is 4.31. The standard InChI is InChI=1S/C34H35F4NO2/c1-4-6-10-19-16-23-25(26-27(35)28(36)29(37)30(38)32(26)40)24-17-20-11-8-14-39-15-9-13-22(31(20)39)34(24)41-33(23)21(18(19)3)12-7-5-2/h16-17,40H,3-15H2,1-2H3. The number of fused-ring (bicyclic) bond motifs is 3. The van der Waals surface area contributed by atoms with E-state index in [1.807, 2.05) is 12.1 Å². The molecule has 0 saturated carbocycles. The third-order valence-electron chi connectivity index (χ3n) is 8.88. The zero-order chi connectivity index (χ0) is 29.0. The fraction of sp³-hybridized carbons (Fsp3) is 0.412. The molecule has 3 nitrogen and oxygen atoms in total. The monoisotopic (exact) mass is 565 g/mol. The summed E-state index contributed by atoms with van der Waals surface area (Å²) in [7, 11) is 0. The van der Waals surface area contributed by atoms with E-state index in [0.29, 0.717) is 35.1 Å². The molecular formula is C34H35F4NO2. The number of rotatable bonds is 7. The lowest BCUT2D eigenvalue weighted by Crippen LogP contribution is -2.35. The van der Waals surface area contributed by atoms with Crippen molar-refractivity contribution in [3.8, 4) is 17.2 Å². The average molecular weight is 566 g/mol. The van der Waals surface area contributed by atoms with Crippen molar-refractivity contribution in [2.45, 2.75) is 78.1 Å². The number of aryl methyl sites for hydroxylation is 2. The lowest BCUT2D eigenvalue weighted by molar-refractivity contribution is 0.363. The van der Waals surface area contributed by atoms with Crippen molar-refractivity contribution in [1.29, 1.82) is 0 Å². The second-order valence-electron chi connectivity index (χ2n) is 11.5. The normalized spacial score (nSPS) is 15.4. The van der Waals surface area contributed by atoms with Crippen molar-refractivity contribution < 1.29 is 27.4 Å². The molecular weight excluding hydrogens is 530 g/mol. The number of unbranched alkanes of at least 4 members (excludes halogenated alkanes) is 2. The highest BCUT2D eigenvalue weighted by Crippen LogP contribution is 2.50. The van der Waals surface area contributed by atoms with Crippen LogP contribution < -0.4 is 20.1 Å². The number of benzene rings is 3. The highest BCUT2D eigenvalue weighted by atomic mass is 19.2. The zero-order valence-corrected chi connectivity index (χ0v) is 23.7. The number of hydrogen-bond acceptors (Lipinski definition) is 3. The number of halogens is 4. The molecule has 41 heavy (non-hydrogen) atoms. The molecule has 0 aliphatic carbocycles. The molecule has 1 N–H and O–H groups in total. The summed E-state index contributed by atoms with van der Waals surface area (Å²) in [5, 5.41) is 12.2. The number of nitrogens with zero attached hydrogens (tertiary/aromatic N) is 1. The first-order valence-electron chi connectivity index (χ1n) is 14.8. The fourth-order valence-corrected chi connectivity index (χ4v) is 6.83. The predicted octanol–water partition coefficient (Wildman–Crippen LogP) is 7.10. The summed E-state index contributed by atoms with van der Waals surface area (Å²) >= 11 is 0. The van der Waals surface area contributed by atoms with Gasteiger partial charge in [0.1, 0.15) is 11.5 Å². The molecule has 0 bridgehead atoms. The molecule has 3 aliphatic heterocycles. The molecule has 3 aliphatic rings. The van der Waals surface area contributed by atoms with Gasteiger partial charge in [-0.1, -0.05) is 33.3 Å². The largest absolute Gasteiger partial charge is 0.504 e. The van der Waals surface area contributed by atoms with Crippen LogP contribution in [-0.4, -0.2) is 18.2 Å². The minimum atomic E-state index is -2.03. The Bertz CT molecular complexity index is 1650. The van der Waals surface area contributed by atoms with E-state index < -0.39 is 34.6 Å². The van der Waals surface area contributed by atoms with Crippen molar-refractivity contribution in [2.24, 2.45) is 0 Å². The van der Waals surface area contributed by atoms with Crippen molar-refractivity contribution in [1.82, 2.24) is 0 Å². The Morgan fingerprint density at radius 3 is 2.29 bits per heavy atom.